The molecule has 0 spiro atoms. The van der Waals surface area contributed by atoms with Crippen LogP contribution in [-0.4, -0.2) is 16.9 Å². The number of carbonyl (C=O) groups is 2. The number of rotatable bonds is 5. The molecule has 19 heavy (non-hydrogen) atoms. The third-order valence-corrected chi connectivity index (χ3v) is 3.89. The van der Waals surface area contributed by atoms with Crippen LogP contribution in [0.2, 0.25) is 0 Å². The third kappa shape index (κ3) is 3.09. The molecule has 2 aromatic rings. The van der Waals surface area contributed by atoms with Crippen molar-refractivity contribution in [2.75, 3.05) is 0 Å². The Morgan fingerprint density at radius 3 is 2.47 bits per heavy atom. The molecule has 3 nitrogen and oxygen atoms in total. The van der Waals surface area contributed by atoms with Gasteiger partial charge in [0.2, 0.25) is 0 Å². The molecule has 2 rings (SSSR count). The van der Waals surface area contributed by atoms with Crippen LogP contribution in [0, 0.1) is 0 Å². The van der Waals surface area contributed by atoms with Gasteiger partial charge in [-0.3, -0.25) is 9.59 Å². The summed E-state index contributed by atoms with van der Waals surface area (Å²) in [6.45, 7) is 1.32. The van der Waals surface area contributed by atoms with Crippen molar-refractivity contribution in [1.29, 1.82) is 0 Å². The summed E-state index contributed by atoms with van der Waals surface area (Å²) in [7, 11) is 0. The second-order valence-electron chi connectivity index (χ2n) is 4.34. The number of aliphatic carboxylic acids is 1. The van der Waals surface area contributed by atoms with E-state index in [0.29, 0.717) is 12.0 Å². The molecule has 1 heterocycles. The van der Waals surface area contributed by atoms with E-state index in [4.69, 9.17) is 0 Å². The van der Waals surface area contributed by atoms with E-state index < -0.39 is 11.9 Å². The number of carboxylic acid groups (broad SMARTS) is 1. The zero-order valence-corrected chi connectivity index (χ0v) is 11.3. The average Bonchev–Trinajstić information content (AvgIpc) is 2.78. The van der Waals surface area contributed by atoms with E-state index >= 15 is 0 Å². The lowest BCUT2D eigenvalue weighted by Gasteiger charge is -2.10. The minimum atomic E-state index is -1.08. The van der Waals surface area contributed by atoms with Crippen LogP contribution in [0.1, 0.15) is 28.8 Å². The molecule has 1 atom stereocenters. The number of benzene rings is 1. The molecule has 0 aliphatic rings. The lowest BCUT2D eigenvalue weighted by Crippen LogP contribution is -2.19. The summed E-state index contributed by atoms with van der Waals surface area (Å²) < 4.78 is 0. The number of carbonyl (C=O) groups excluding carboxylic acids is 1. The maximum Gasteiger partial charge on any atom is 0.318 e. The molecule has 0 bridgehead atoms. The molecule has 0 amide bonds. The summed E-state index contributed by atoms with van der Waals surface area (Å²) in [5.74, 6) is -2.47. The first kappa shape index (κ1) is 13.5. The van der Waals surface area contributed by atoms with E-state index in [9.17, 15) is 14.7 Å². The quantitative estimate of drug-likeness (QED) is 0.852. The van der Waals surface area contributed by atoms with Crippen molar-refractivity contribution < 1.29 is 14.7 Å². The molecule has 0 aliphatic carbocycles. The molecule has 1 N–H and O–H groups in total. The number of thiophene rings is 1. The standard InChI is InChI=1S/C15H14O3S/c1-10(16)14(15(17)18)12-7-8-19-13(12)9-11-5-3-2-4-6-11/h2-8,14H,9H2,1H3,(H,17,18). The fourth-order valence-corrected chi connectivity index (χ4v) is 3.01. The van der Waals surface area contributed by atoms with Crippen molar-refractivity contribution in [3.05, 3.63) is 57.8 Å². The van der Waals surface area contributed by atoms with E-state index in [0.717, 1.165) is 10.4 Å². The van der Waals surface area contributed by atoms with Gasteiger partial charge in [-0.25, -0.2) is 0 Å². The van der Waals surface area contributed by atoms with Crippen molar-refractivity contribution in [3.8, 4) is 0 Å². The summed E-state index contributed by atoms with van der Waals surface area (Å²) in [5, 5.41) is 11.0. The zero-order valence-electron chi connectivity index (χ0n) is 10.5. The van der Waals surface area contributed by atoms with Crippen LogP contribution in [0.3, 0.4) is 0 Å². The first-order chi connectivity index (χ1) is 9.09. The zero-order chi connectivity index (χ0) is 13.8. The lowest BCUT2D eigenvalue weighted by atomic mass is 9.94. The fraction of sp³-hybridized carbons (Fsp3) is 0.200. The number of Topliss-reactive ketones (excluding diaryl/α,β-unsaturated/α-hetero) is 1. The summed E-state index contributed by atoms with van der Waals surface area (Å²) in [4.78, 5) is 23.7. The Balaban J connectivity index is 2.32. The van der Waals surface area contributed by atoms with Crippen LogP contribution in [0.5, 0.6) is 0 Å². The van der Waals surface area contributed by atoms with E-state index in [-0.39, 0.29) is 5.78 Å². The van der Waals surface area contributed by atoms with Crippen LogP contribution < -0.4 is 0 Å². The molecule has 0 saturated carbocycles. The summed E-state index contributed by atoms with van der Waals surface area (Å²) in [5.41, 5.74) is 1.73. The van der Waals surface area contributed by atoms with Gasteiger partial charge in [0.1, 0.15) is 11.7 Å². The maximum atomic E-state index is 11.5. The average molecular weight is 274 g/mol. The molecule has 1 aromatic heterocycles. The molecule has 98 valence electrons. The van der Waals surface area contributed by atoms with Crippen LogP contribution in [0.25, 0.3) is 0 Å². The minimum Gasteiger partial charge on any atom is -0.480 e. The van der Waals surface area contributed by atoms with Gasteiger partial charge in [-0.05, 0) is 29.5 Å². The van der Waals surface area contributed by atoms with Crippen molar-refractivity contribution in [3.63, 3.8) is 0 Å². The van der Waals surface area contributed by atoms with Gasteiger partial charge >= 0.3 is 5.97 Å². The predicted molar refractivity (Wildman–Crippen MR) is 74.6 cm³/mol. The van der Waals surface area contributed by atoms with Crippen molar-refractivity contribution in [2.24, 2.45) is 0 Å². The molecule has 0 fully saturated rings. The van der Waals surface area contributed by atoms with E-state index in [2.05, 4.69) is 0 Å². The van der Waals surface area contributed by atoms with Gasteiger partial charge < -0.3 is 5.11 Å². The normalized spacial score (nSPS) is 12.1. The van der Waals surface area contributed by atoms with Gasteiger partial charge in [0.25, 0.3) is 0 Å². The molecule has 0 saturated heterocycles. The third-order valence-electron chi connectivity index (χ3n) is 2.95. The number of ketones is 1. The highest BCUT2D eigenvalue weighted by atomic mass is 32.1. The van der Waals surface area contributed by atoms with Crippen LogP contribution >= 0.6 is 11.3 Å². The second-order valence-corrected chi connectivity index (χ2v) is 5.34. The van der Waals surface area contributed by atoms with Gasteiger partial charge in [0, 0.05) is 11.3 Å². The molecular formula is C15H14O3S. The van der Waals surface area contributed by atoms with Gasteiger partial charge in [-0.15, -0.1) is 11.3 Å². The smallest absolute Gasteiger partial charge is 0.318 e. The number of hydrogen-bond donors (Lipinski definition) is 1. The largest absolute Gasteiger partial charge is 0.480 e. The predicted octanol–water partition coefficient (Wildman–Crippen LogP) is 3.10. The maximum absolute atomic E-state index is 11.5. The van der Waals surface area contributed by atoms with Crippen molar-refractivity contribution in [1.82, 2.24) is 0 Å². The molecule has 1 aromatic carbocycles. The first-order valence-corrected chi connectivity index (χ1v) is 6.81. The van der Waals surface area contributed by atoms with E-state index in [1.807, 2.05) is 35.7 Å². The Hall–Kier alpha value is -1.94. The van der Waals surface area contributed by atoms with Crippen molar-refractivity contribution >= 4 is 23.1 Å². The van der Waals surface area contributed by atoms with Crippen LogP contribution in [0.4, 0.5) is 0 Å². The first-order valence-electron chi connectivity index (χ1n) is 5.93. The summed E-state index contributed by atoms with van der Waals surface area (Å²) >= 11 is 1.49. The van der Waals surface area contributed by atoms with E-state index in [1.54, 1.807) is 6.07 Å². The highest BCUT2D eigenvalue weighted by molar-refractivity contribution is 7.10. The van der Waals surface area contributed by atoms with Gasteiger partial charge in [-0.2, -0.15) is 0 Å². The van der Waals surface area contributed by atoms with E-state index in [1.165, 1.54) is 18.3 Å². The Morgan fingerprint density at radius 1 is 1.21 bits per heavy atom. The Bertz CT molecular complexity index is 572. The topological polar surface area (TPSA) is 54.4 Å². The van der Waals surface area contributed by atoms with Gasteiger partial charge in [-0.1, -0.05) is 30.3 Å². The fourth-order valence-electron chi connectivity index (χ4n) is 2.06. The summed E-state index contributed by atoms with van der Waals surface area (Å²) in [6, 6.07) is 11.6. The van der Waals surface area contributed by atoms with Crippen LogP contribution in [0.15, 0.2) is 41.8 Å². The number of carboxylic acids is 1. The highest BCUT2D eigenvalue weighted by Crippen LogP contribution is 2.28. The molecular weight excluding hydrogens is 260 g/mol. The molecule has 4 heteroatoms. The summed E-state index contributed by atoms with van der Waals surface area (Å²) in [6.07, 6.45) is 0.658. The number of hydrogen-bond acceptors (Lipinski definition) is 3. The van der Waals surface area contributed by atoms with Gasteiger partial charge in [0.05, 0.1) is 0 Å². The minimum absolute atomic E-state index is 0.333. The van der Waals surface area contributed by atoms with Gasteiger partial charge in [0.15, 0.2) is 0 Å². The van der Waals surface area contributed by atoms with Crippen LogP contribution in [-0.2, 0) is 16.0 Å². The lowest BCUT2D eigenvalue weighted by molar-refractivity contribution is -0.142. The molecule has 0 aliphatic heterocycles. The molecule has 0 radical (unpaired) electrons. The highest BCUT2D eigenvalue weighted by Gasteiger charge is 2.27. The molecule has 1 unspecified atom stereocenters. The second kappa shape index (κ2) is 5.80. The Morgan fingerprint density at radius 2 is 1.89 bits per heavy atom. The monoisotopic (exact) mass is 274 g/mol. The Kier molecular flexibility index (Phi) is 4.12. The SMILES string of the molecule is CC(=O)C(C(=O)O)c1ccsc1Cc1ccccc1. The van der Waals surface area contributed by atoms with Crippen molar-refractivity contribution in [2.45, 2.75) is 19.3 Å². The Labute approximate surface area is 115 Å².